The number of halogens is 1. The Bertz CT molecular complexity index is 469. The molecule has 0 saturated heterocycles. The number of amides is 1. The van der Waals surface area contributed by atoms with Gasteiger partial charge >= 0.3 is 0 Å². The molecule has 1 amide bonds. The molecule has 1 saturated carbocycles. The summed E-state index contributed by atoms with van der Waals surface area (Å²) in [6.45, 7) is 0.503. The fraction of sp³-hybridized carbons (Fsp3) is 0.400. The molecular formula is C15H18ClNO2. The van der Waals surface area contributed by atoms with Gasteiger partial charge in [0.25, 0.3) is 0 Å². The van der Waals surface area contributed by atoms with E-state index in [1.807, 2.05) is 18.2 Å². The summed E-state index contributed by atoms with van der Waals surface area (Å²) >= 11 is 5.98. The van der Waals surface area contributed by atoms with Crippen LogP contribution in [0.15, 0.2) is 30.3 Å². The lowest BCUT2D eigenvalue weighted by Gasteiger charge is -2.08. The van der Waals surface area contributed by atoms with Crippen LogP contribution in [0.3, 0.4) is 0 Å². The molecule has 2 N–H and O–H groups in total. The Balaban J connectivity index is 1.73. The van der Waals surface area contributed by atoms with Crippen LogP contribution in [-0.4, -0.2) is 23.7 Å². The fourth-order valence-electron chi connectivity index (χ4n) is 1.89. The Labute approximate surface area is 118 Å². The average molecular weight is 280 g/mol. The second-order valence-corrected chi connectivity index (χ2v) is 5.25. The summed E-state index contributed by atoms with van der Waals surface area (Å²) in [7, 11) is 0. The van der Waals surface area contributed by atoms with Gasteiger partial charge in [0, 0.05) is 17.6 Å². The third-order valence-corrected chi connectivity index (χ3v) is 3.57. The van der Waals surface area contributed by atoms with E-state index < -0.39 is 0 Å². The van der Waals surface area contributed by atoms with Crippen LogP contribution in [-0.2, 0) is 4.79 Å². The first kappa shape index (κ1) is 14.1. The van der Waals surface area contributed by atoms with E-state index in [1.165, 1.54) is 6.08 Å². The largest absolute Gasteiger partial charge is 0.393 e. The third-order valence-electron chi connectivity index (χ3n) is 3.22. The zero-order valence-electron chi connectivity index (χ0n) is 10.7. The SMILES string of the molecule is O=C(/C=C/c1ccccc1Cl)NCC[C@H](O)C1CC1. The minimum atomic E-state index is -0.271. The second-order valence-electron chi connectivity index (χ2n) is 4.84. The topological polar surface area (TPSA) is 49.3 Å². The van der Waals surface area contributed by atoms with Crippen molar-refractivity contribution in [3.63, 3.8) is 0 Å². The number of aliphatic hydroxyl groups is 1. The minimum Gasteiger partial charge on any atom is -0.393 e. The highest BCUT2D eigenvalue weighted by molar-refractivity contribution is 6.32. The molecule has 0 bridgehead atoms. The van der Waals surface area contributed by atoms with Crippen molar-refractivity contribution in [2.45, 2.75) is 25.4 Å². The molecule has 102 valence electrons. The molecule has 0 aromatic heterocycles. The average Bonchev–Trinajstić information content (AvgIpc) is 3.22. The van der Waals surface area contributed by atoms with E-state index >= 15 is 0 Å². The van der Waals surface area contributed by atoms with E-state index in [0.29, 0.717) is 23.9 Å². The van der Waals surface area contributed by atoms with Crippen molar-refractivity contribution in [3.8, 4) is 0 Å². The van der Waals surface area contributed by atoms with Crippen molar-refractivity contribution in [2.24, 2.45) is 5.92 Å². The molecule has 1 aromatic carbocycles. The number of hydrogen-bond acceptors (Lipinski definition) is 2. The van der Waals surface area contributed by atoms with Gasteiger partial charge in [-0.3, -0.25) is 4.79 Å². The fourth-order valence-corrected chi connectivity index (χ4v) is 2.09. The molecule has 1 aromatic rings. The molecule has 4 heteroatoms. The molecule has 2 rings (SSSR count). The molecule has 0 spiro atoms. The van der Waals surface area contributed by atoms with Crippen LogP contribution in [0.4, 0.5) is 0 Å². The van der Waals surface area contributed by atoms with Crippen molar-refractivity contribution in [1.82, 2.24) is 5.32 Å². The maximum Gasteiger partial charge on any atom is 0.244 e. The normalized spacial score (nSPS) is 16.5. The monoisotopic (exact) mass is 279 g/mol. The highest BCUT2D eigenvalue weighted by atomic mass is 35.5. The van der Waals surface area contributed by atoms with Gasteiger partial charge < -0.3 is 10.4 Å². The maximum atomic E-state index is 11.6. The Morgan fingerprint density at radius 2 is 2.21 bits per heavy atom. The standard InChI is InChI=1S/C15H18ClNO2/c16-13-4-2-1-3-11(13)7-8-15(19)17-10-9-14(18)12-5-6-12/h1-4,7-8,12,14,18H,5-6,9-10H2,(H,17,19)/b8-7+/t14-/m0/s1. The molecule has 1 fully saturated rings. The molecule has 19 heavy (non-hydrogen) atoms. The number of nitrogens with one attached hydrogen (secondary N) is 1. The van der Waals surface area contributed by atoms with Crippen LogP contribution in [0.5, 0.6) is 0 Å². The van der Waals surface area contributed by atoms with E-state index in [2.05, 4.69) is 5.32 Å². The van der Waals surface area contributed by atoms with Crippen LogP contribution in [0.25, 0.3) is 6.08 Å². The first-order valence-electron chi connectivity index (χ1n) is 6.55. The van der Waals surface area contributed by atoms with Gasteiger partial charge in [0.15, 0.2) is 0 Å². The zero-order chi connectivity index (χ0) is 13.7. The van der Waals surface area contributed by atoms with Gasteiger partial charge in [-0.25, -0.2) is 0 Å². The molecule has 0 unspecified atom stereocenters. The van der Waals surface area contributed by atoms with E-state index in [-0.39, 0.29) is 12.0 Å². The van der Waals surface area contributed by atoms with Gasteiger partial charge in [0.2, 0.25) is 5.91 Å². The number of rotatable bonds is 6. The Morgan fingerprint density at radius 1 is 1.47 bits per heavy atom. The molecule has 1 aliphatic rings. The quantitative estimate of drug-likeness (QED) is 0.787. The van der Waals surface area contributed by atoms with E-state index in [1.54, 1.807) is 12.1 Å². The van der Waals surface area contributed by atoms with Crippen molar-refractivity contribution >= 4 is 23.6 Å². The summed E-state index contributed by atoms with van der Waals surface area (Å²) in [5, 5.41) is 13.0. The predicted octanol–water partition coefficient (Wildman–Crippen LogP) is 2.63. The van der Waals surface area contributed by atoms with E-state index in [4.69, 9.17) is 11.6 Å². The van der Waals surface area contributed by atoms with Crippen LogP contribution in [0.1, 0.15) is 24.8 Å². The molecule has 0 heterocycles. The highest BCUT2D eigenvalue weighted by Gasteiger charge is 2.28. The molecule has 0 radical (unpaired) electrons. The number of aliphatic hydroxyl groups excluding tert-OH is 1. The summed E-state index contributed by atoms with van der Waals surface area (Å²) in [5.41, 5.74) is 0.817. The Kier molecular flexibility index (Phi) is 5.00. The molecule has 1 atom stereocenters. The maximum absolute atomic E-state index is 11.6. The number of hydrogen-bond donors (Lipinski definition) is 2. The lowest BCUT2D eigenvalue weighted by Crippen LogP contribution is -2.26. The molecule has 1 aliphatic carbocycles. The van der Waals surface area contributed by atoms with Crippen molar-refractivity contribution in [2.75, 3.05) is 6.54 Å². The van der Waals surface area contributed by atoms with Gasteiger partial charge in [0.1, 0.15) is 0 Å². The zero-order valence-corrected chi connectivity index (χ0v) is 11.4. The molecular weight excluding hydrogens is 262 g/mol. The van der Waals surface area contributed by atoms with Crippen LogP contribution in [0, 0.1) is 5.92 Å². The first-order chi connectivity index (χ1) is 9.16. The summed E-state index contributed by atoms with van der Waals surface area (Å²) < 4.78 is 0. The lowest BCUT2D eigenvalue weighted by molar-refractivity contribution is -0.116. The predicted molar refractivity (Wildman–Crippen MR) is 76.8 cm³/mol. The second kappa shape index (κ2) is 6.73. The minimum absolute atomic E-state index is 0.164. The van der Waals surface area contributed by atoms with Crippen LogP contribution in [0.2, 0.25) is 5.02 Å². The summed E-state index contributed by atoms with van der Waals surface area (Å²) in [5.74, 6) is 0.290. The number of carbonyl (C=O) groups excluding carboxylic acids is 1. The molecule has 3 nitrogen and oxygen atoms in total. The van der Waals surface area contributed by atoms with Crippen LogP contribution >= 0.6 is 11.6 Å². The van der Waals surface area contributed by atoms with E-state index in [9.17, 15) is 9.90 Å². The summed E-state index contributed by atoms with van der Waals surface area (Å²) in [6.07, 6.45) is 5.73. The number of benzene rings is 1. The van der Waals surface area contributed by atoms with Gasteiger partial charge in [0.05, 0.1) is 6.10 Å². The van der Waals surface area contributed by atoms with Crippen molar-refractivity contribution < 1.29 is 9.90 Å². The van der Waals surface area contributed by atoms with Gasteiger partial charge in [-0.2, -0.15) is 0 Å². The molecule has 0 aliphatic heterocycles. The third kappa shape index (κ3) is 4.69. The Hall–Kier alpha value is -1.32. The van der Waals surface area contributed by atoms with Gasteiger partial charge in [-0.15, -0.1) is 0 Å². The lowest BCUT2D eigenvalue weighted by atomic mass is 10.1. The number of carbonyl (C=O) groups is 1. The summed E-state index contributed by atoms with van der Waals surface area (Å²) in [6, 6.07) is 7.35. The summed E-state index contributed by atoms with van der Waals surface area (Å²) in [4.78, 5) is 11.6. The highest BCUT2D eigenvalue weighted by Crippen LogP contribution is 2.33. The first-order valence-corrected chi connectivity index (χ1v) is 6.93. The van der Waals surface area contributed by atoms with Crippen molar-refractivity contribution in [1.29, 1.82) is 0 Å². The van der Waals surface area contributed by atoms with Gasteiger partial charge in [-0.05, 0) is 42.9 Å². The van der Waals surface area contributed by atoms with Gasteiger partial charge in [-0.1, -0.05) is 29.8 Å². The van der Waals surface area contributed by atoms with Crippen LogP contribution < -0.4 is 5.32 Å². The smallest absolute Gasteiger partial charge is 0.244 e. The Morgan fingerprint density at radius 3 is 2.89 bits per heavy atom. The van der Waals surface area contributed by atoms with E-state index in [0.717, 1.165) is 18.4 Å². The van der Waals surface area contributed by atoms with Crippen molar-refractivity contribution in [3.05, 3.63) is 40.9 Å².